The molecule has 1 rings (SSSR count). The molecular formula is C13H24N2O4. The van der Waals surface area contributed by atoms with Crippen LogP contribution in [0.1, 0.15) is 27.2 Å². The van der Waals surface area contributed by atoms with Crippen molar-refractivity contribution in [3.63, 3.8) is 0 Å². The number of rotatable bonds is 6. The zero-order chi connectivity index (χ0) is 14.4. The van der Waals surface area contributed by atoms with E-state index in [0.29, 0.717) is 19.6 Å². The van der Waals surface area contributed by atoms with Crippen molar-refractivity contribution < 1.29 is 19.4 Å². The normalized spacial score (nSPS) is 23.7. The Morgan fingerprint density at radius 1 is 1.26 bits per heavy atom. The summed E-state index contributed by atoms with van der Waals surface area (Å²) in [5, 5.41) is 8.83. The van der Waals surface area contributed by atoms with E-state index in [1.54, 1.807) is 9.80 Å². The van der Waals surface area contributed by atoms with E-state index in [1.807, 2.05) is 20.8 Å². The van der Waals surface area contributed by atoms with Crippen LogP contribution in [0.4, 0.5) is 0 Å². The van der Waals surface area contributed by atoms with E-state index in [-0.39, 0.29) is 31.2 Å². The van der Waals surface area contributed by atoms with E-state index in [9.17, 15) is 9.59 Å². The highest BCUT2D eigenvalue weighted by Crippen LogP contribution is 2.11. The molecule has 0 aliphatic carbocycles. The van der Waals surface area contributed by atoms with Gasteiger partial charge >= 0.3 is 5.97 Å². The number of ether oxygens (including phenoxy) is 1. The topological polar surface area (TPSA) is 70.1 Å². The second-order valence-electron chi connectivity index (χ2n) is 5.16. The van der Waals surface area contributed by atoms with Crippen molar-refractivity contribution in [3.8, 4) is 0 Å². The average molecular weight is 272 g/mol. The third-order valence-electron chi connectivity index (χ3n) is 3.03. The lowest BCUT2D eigenvalue weighted by Crippen LogP contribution is -2.51. The zero-order valence-corrected chi connectivity index (χ0v) is 12.0. The first kappa shape index (κ1) is 15.9. The van der Waals surface area contributed by atoms with Crippen LogP contribution in [-0.4, -0.2) is 71.7 Å². The highest BCUT2D eigenvalue weighted by Gasteiger charge is 2.27. The molecule has 0 spiro atoms. The van der Waals surface area contributed by atoms with Crippen molar-refractivity contribution in [2.45, 2.75) is 39.4 Å². The Bertz CT molecular complexity index is 312. The molecule has 1 aliphatic rings. The Kier molecular flexibility index (Phi) is 6.24. The van der Waals surface area contributed by atoms with Crippen molar-refractivity contribution >= 4 is 11.9 Å². The standard InChI is InChI=1S/C13H24N2O4/c1-4-5-14(9-13(17)18)8-12(16)15-6-10(2)19-11(3)7-15/h10-11H,4-9H2,1-3H3,(H,17,18)/t10-,11-/m0/s1. The van der Waals surface area contributed by atoms with Gasteiger partial charge in [0.15, 0.2) is 0 Å². The van der Waals surface area contributed by atoms with Crippen LogP contribution >= 0.6 is 0 Å². The molecule has 0 aromatic heterocycles. The minimum absolute atomic E-state index is 0.0169. The van der Waals surface area contributed by atoms with Crippen LogP contribution in [0.3, 0.4) is 0 Å². The van der Waals surface area contributed by atoms with E-state index < -0.39 is 5.97 Å². The van der Waals surface area contributed by atoms with Crippen LogP contribution in [-0.2, 0) is 14.3 Å². The molecule has 19 heavy (non-hydrogen) atoms. The number of hydrogen-bond donors (Lipinski definition) is 1. The van der Waals surface area contributed by atoms with Crippen LogP contribution in [0.5, 0.6) is 0 Å². The van der Waals surface area contributed by atoms with Gasteiger partial charge in [0.25, 0.3) is 0 Å². The summed E-state index contributed by atoms with van der Waals surface area (Å²) in [6.07, 6.45) is 0.898. The molecule has 1 heterocycles. The molecule has 1 N–H and O–H groups in total. The molecule has 0 saturated carbocycles. The van der Waals surface area contributed by atoms with Gasteiger partial charge in [-0.05, 0) is 26.8 Å². The lowest BCUT2D eigenvalue weighted by Gasteiger charge is -2.36. The summed E-state index contributed by atoms with van der Waals surface area (Å²) in [4.78, 5) is 26.4. The number of morpholine rings is 1. The van der Waals surface area contributed by atoms with Crippen molar-refractivity contribution in [1.29, 1.82) is 0 Å². The van der Waals surface area contributed by atoms with Gasteiger partial charge in [-0.2, -0.15) is 0 Å². The highest BCUT2D eigenvalue weighted by molar-refractivity contribution is 5.79. The molecule has 110 valence electrons. The number of carbonyl (C=O) groups excluding carboxylic acids is 1. The van der Waals surface area contributed by atoms with Crippen LogP contribution in [0.2, 0.25) is 0 Å². The smallest absolute Gasteiger partial charge is 0.317 e. The van der Waals surface area contributed by atoms with Gasteiger partial charge in [0, 0.05) is 13.1 Å². The summed E-state index contributed by atoms with van der Waals surface area (Å²) >= 11 is 0. The maximum absolute atomic E-state index is 12.2. The van der Waals surface area contributed by atoms with Crippen molar-refractivity contribution in [2.24, 2.45) is 0 Å². The molecule has 1 saturated heterocycles. The Morgan fingerprint density at radius 2 is 1.84 bits per heavy atom. The number of nitrogens with zero attached hydrogens (tertiary/aromatic N) is 2. The fraction of sp³-hybridized carbons (Fsp3) is 0.846. The first-order chi connectivity index (χ1) is 8.92. The second kappa shape index (κ2) is 7.45. The lowest BCUT2D eigenvalue weighted by molar-refractivity contribution is -0.145. The first-order valence-electron chi connectivity index (χ1n) is 6.79. The van der Waals surface area contributed by atoms with Crippen molar-refractivity contribution in [1.82, 2.24) is 9.80 Å². The summed E-state index contributed by atoms with van der Waals surface area (Å²) in [6.45, 7) is 7.71. The van der Waals surface area contributed by atoms with Crippen LogP contribution in [0, 0.1) is 0 Å². The zero-order valence-electron chi connectivity index (χ0n) is 12.0. The molecule has 0 aromatic rings. The number of carbonyl (C=O) groups is 2. The van der Waals surface area contributed by atoms with Gasteiger partial charge in [0.05, 0.1) is 25.3 Å². The third-order valence-corrected chi connectivity index (χ3v) is 3.03. The van der Waals surface area contributed by atoms with E-state index >= 15 is 0 Å². The van der Waals surface area contributed by atoms with Gasteiger partial charge in [-0.25, -0.2) is 0 Å². The van der Waals surface area contributed by atoms with Gasteiger partial charge in [0.2, 0.25) is 5.91 Å². The number of carboxylic acid groups (broad SMARTS) is 1. The SMILES string of the molecule is CCCN(CC(=O)O)CC(=O)N1C[C@H](C)O[C@@H](C)C1. The molecule has 6 heteroatoms. The molecule has 1 fully saturated rings. The van der Waals surface area contributed by atoms with Crippen LogP contribution < -0.4 is 0 Å². The molecule has 0 radical (unpaired) electrons. The Morgan fingerprint density at radius 3 is 2.32 bits per heavy atom. The quantitative estimate of drug-likeness (QED) is 0.759. The Labute approximate surface area is 114 Å². The second-order valence-corrected chi connectivity index (χ2v) is 5.16. The molecule has 2 atom stereocenters. The maximum Gasteiger partial charge on any atom is 0.317 e. The summed E-state index contributed by atoms with van der Waals surface area (Å²) in [5.74, 6) is -0.915. The third kappa shape index (κ3) is 5.57. The fourth-order valence-corrected chi connectivity index (χ4v) is 2.39. The fourth-order valence-electron chi connectivity index (χ4n) is 2.39. The average Bonchev–Trinajstić information content (AvgIpc) is 2.26. The monoisotopic (exact) mass is 272 g/mol. The minimum atomic E-state index is -0.898. The maximum atomic E-state index is 12.2. The largest absolute Gasteiger partial charge is 0.480 e. The Balaban J connectivity index is 2.52. The summed E-state index contributed by atoms with van der Waals surface area (Å²) < 4.78 is 5.58. The van der Waals surface area contributed by atoms with Crippen molar-refractivity contribution in [3.05, 3.63) is 0 Å². The first-order valence-corrected chi connectivity index (χ1v) is 6.79. The molecule has 6 nitrogen and oxygen atoms in total. The Hall–Kier alpha value is -1.14. The molecule has 0 bridgehead atoms. The number of carboxylic acids is 1. The molecule has 1 aliphatic heterocycles. The van der Waals surface area contributed by atoms with Crippen molar-refractivity contribution in [2.75, 3.05) is 32.7 Å². The van der Waals surface area contributed by atoms with E-state index in [1.165, 1.54) is 0 Å². The van der Waals surface area contributed by atoms with Gasteiger partial charge < -0.3 is 14.7 Å². The van der Waals surface area contributed by atoms with Crippen LogP contribution in [0.15, 0.2) is 0 Å². The molecule has 0 aromatic carbocycles. The summed E-state index contributed by atoms with van der Waals surface area (Å²) in [7, 11) is 0. The van der Waals surface area contributed by atoms with E-state index in [2.05, 4.69) is 0 Å². The summed E-state index contributed by atoms with van der Waals surface area (Å²) in [6, 6.07) is 0. The van der Waals surface area contributed by atoms with Gasteiger partial charge in [0.1, 0.15) is 0 Å². The van der Waals surface area contributed by atoms with Crippen LogP contribution in [0.25, 0.3) is 0 Å². The minimum Gasteiger partial charge on any atom is -0.480 e. The van der Waals surface area contributed by atoms with E-state index in [0.717, 1.165) is 6.42 Å². The number of amides is 1. The summed E-state index contributed by atoms with van der Waals surface area (Å²) in [5.41, 5.74) is 0. The number of aliphatic carboxylic acids is 1. The predicted molar refractivity (Wildman–Crippen MR) is 71.0 cm³/mol. The van der Waals surface area contributed by atoms with Gasteiger partial charge in [-0.15, -0.1) is 0 Å². The molecule has 1 amide bonds. The van der Waals surface area contributed by atoms with Gasteiger partial charge in [-0.3, -0.25) is 14.5 Å². The molecule has 0 unspecified atom stereocenters. The highest BCUT2D eigenvalue weighted by atomic mass is 16.5. The predicted octanol–water partition coefficient (Wildman–Crippen LogP) is 0.419. The van der Waals surface area contributed by atoms with E-state index in [4.69, 9.17) is 9.84 Å². The van der Waals surface area contributed by atoms with Gasteiger partial charge in [-0.1, -0.05) is 6.92 Å². The molecular weight excluding hydrogens is 248 g/mol. The number of hydrogen-bond acceptors (Lipinski definition) is 4. The lowest BCUT2D eigenvalue weighted by atomic mass is 10.2.